The van der Waals surface area contributed by atoms with E-state index in [1.54, 1.807) is 0 Å². The zero-order valence-corrected chi connectivity index (χ0v) is 16.8. The molecule has 0 bridgehead atoms. The number of nitrogens with one attached hydrogen (secondary N) is 1. The van der Waals surface area contributed by atoms with Crippen molar-refractivity contribution in [2.24, 2.45) is 12.0 Å². The van der Waals surface area contributed by atoms with Crippen molar-refractivity contribution in [3.05, 3.63) is 43.0 Å². The fourth-order valence-electron chi connectivity index (χ4n) is 2.26. The molecule has 0 aliphatic carbocycles. The van der Waals surface area contributed by atoms with Gasteiger partial charge in [0.25, 0.3) is 11.5 Å². The summed E-state index contributed by atoms with van der Waals surface area (Å²) in [7, 11) is 1.86. The van der Waals surface area contributed by atoms with Gasteiger partial charge in [0.1, 0.15) is 10.7 Å². The molecule has 1 unspecified atom stereocenters. The van der Waals surface area contributed by atoms with Crippen LogP contribution >= 0.6 is 34.4 Å². The summed E-state index contributed by atoms with van der Waals surface area (Å²) in [5.74, 6) is 0.861. The molecule has 1 atom stereocenters. The summed E-state index contributed by atoms with van der Waals surface area (Å²) in [6, 6.07) is 0. The third-order valence-corrected chi connectivity index (χ3v) is 6.96. The Morgan fingerprint density at radius 1 is 1.48 bits per heavy atom. The van der Waals surface area contributed by atoms with Gasteiger partial charge in [-0.25, -0.2) is 4.98 Å². The number of amides is 1. The molecule has 0 saturated carbocycles. The largest absolute Gasteiger partial charge is 0.327 e. The van der Waals surface area contributed by atoms with Gasteiger partial charge in [-0.2, -0.15) is 4.99 Å². The van der Waals surface area contributed by atoms with Gasteiger partial charge in [0.15, 0.2) is 4.80 Å². The van der Waals surface area contributed by atoms with Gasteiger partial charge in [-0.1, -0.05) is 0 Å². The number of carbonyl (C=O) groups is 1. The van der Waals surface area contributed by atoms with Crippen LogP contribution in [-0.4, -0.2) is 25.7 Å². The summed E-state index contributed by atoms with van der Waals surface area (Å²) in [5.41, 5.74) is 0.871. The summed E-state index contributed by atoms with van der Waals surface area (Å²) in [4.78, 5) is 38.5. The van der Waals surface area contributed by atoms with Crippen LogP contribution in [0.2, 0.25) is 0 Å². The van der Waals surface area contributed by atoms with E-state index in [-0.39, 0.29) is 16.7 Å². The minimum Gasteiger partial charge on any atom is -0.327 e. The van der Waals surface area contributed by atoms with E-state index in [2.05, 4.69) is 15.0 Å². The summed E-state index contributed by atoms with van der Waals surface area (Å²) < 4.78 is 1.81. The standard InChI is InChI=1S/C16H18N4O2S3/c1-8-9(2)25-15-12(8)14(22)17-11(18-15)7-24-10(3)13(21)19-16-20(4)5-6-23-16/h5-6,10H,7H2,1-4H3,(H,17,18,22). The molecule has 0 radical (unpaired) electrons. The van der Waals surface area contributed by atoms with E-state index >= 15 is 0 Å². The average molecular weight is 395 g/mol. The van der Waals surface area contributed by atoms with E-state index in [0.717, 1.165) is 15.3 Å². The lowest BCUT2D eigenvalue weighted by Crippen LogP contribution is -2.18. The number of nitrogens with zero attached hydrogens (tertiary/aromatic N) is 3. The molecule has 0 aliphatic heterocycles. The molecule has 0 spiro atoms. The predicted octanol–water partition coefficient (Wildman–Crippen LogP) is 2.75. The fourth-order valence-corrected chi connectivity index (χ4v) is 4.79. The van der Waals surface area contributed by atoms with Crippen LogP contribution in [0, 0.1) is 13.8 Å². The quantitative estimate of drug-likeness (QED) is 0.738. The molecular weight excluding hydrogens is 376 g/mol. The van der Waals surface area contributed by atoms with E-state index in [4.69, 9.17) is 0 Å². The molecule has 3 aromatic rings. The van der Waals surface area contributed by atoms with Crippen molar-refractivity contribution in [1.29, 1.82) is 0 Å². The monoisotopic (exact) mass is 394 g/mol. The van der Waals surface area contributed by atoms with E-state index < -0.39 is 0 Å². The van der Waals surface area contributed by atoms with Gasteiger partial charge in [-0.05, 0) is 26.3 Å². The zero-order valence-electron chi connectivity index (χ0n) is 14.3. The van der Waals surface area contributed by atoms with Crippen LogP contribution in [0.15, 0.2) is 21.4 Å². The topological polar surface area (TPSA) is 80.1 Å². The van der Waals surface area contributed by atoms with Gasteiger partial charge in [0.2, 0.25) is 0 Å². The van der Waals surface area contributed by atoms with Crippen LogP contribution in [0.1, 0.15) is 23.2 Å². The number of aromatic amines is 1. The van der Waals surface area contributed by atoms with Gasteiger partial charge in [-0.3, -0.25) is 9.59 Å². The van der Waals surface area contributed by atoms with Crippen molar-refractivity contribution in [3.63, 3.8) is 0 Å². The molecule has 0 fully saturated rings. The van der Waals surface area contributed by atoms with E-state index in [1.165, 1.54) is 34.4 Å². The lowest BCUT2D eigenvalue weighted by atomic mass is 10.2. The van der Waals surface area contributed by atoms with E-state index in [1.807, 2.05) is 44.0 Å². The molecule has 3 heterocycles. The molecule has 6 nitrogen and oxygen atoms in total. The van der Waals surface area contributed by atoms with E-state index in [0.29, 0.717) is 21.8 Å². The Hall–Kier alpha value is -1.71. The highest BCUT2D eigenvalue weighted by Crippen LogP contribution is 2.26. The van der Waals surface area contributed by atoms with Crippen LogP contribution in [-0.2, 0) is 17.6 Å². The minimum absolute atomic E-state index is 0.114. The number of thiazole rings is 1. The molecule has 25 heavy (non-hydrogen) atoms. The highest BCUT2D eigenvalue weighted by atomic mass is 32.2. The van der Waals surface area contributed by atoms with Crippen LogP contribution < -0.4 is 10.4 Å². The molecule has 0 saturated heterocycles. The summed E-state index contributed by atoms with van der Waals surface area (Å²) in [6.45, 7) is 5.74. The van der Waals surface area contributed by atoms with Crippen LogP contribution in [0.25, 0.3) is 10.2 Å². The second-order valence-electron chi connectivity index (χ2n) is 5.68. The van der Waals surface area contributed by atoms with Gasteiger partial charge in [0.05, 0.1) is 16.4 Å². The first kappa shape index (κ1) is 18.1. The Balaban J connectivity index is 1.75. The van der Waals surface area contributed by atoms with Gasteiger partial charge in [-0.15, -0.1) is 34.4 Å². The molecule has 9 heteroatoms. The lowest BCUT2D eigenvalue weighted by Gasteiger charge is -2.06. The maximum absolute atomic E-state index is 12.3. The molecule has 0 aliphatic rings. The van der Waals surface area contributed by atoms with E-state index in [9.17, 15) is 9.59 Å². The molecular formula is C16H18N4O2S3. The molecule has 0 aromatic carbocycles. The van der Waals surface area contributed by atoms with Crippen molar-refractivity contribution in [2.45, 2.75) is 31.8 Å². The highest BCUT2D eigenvalue weighted by molar-refractivity contribution is 7.99. The number of hydrogen-bond acceptors (Lipinski definition) is 6. The average Bonchev–Trinajstić information content (AvgIpc) is 3.09. The Labute approximate surface area is 156 Å². The van der Waals surface area contributed by atoms with Crippen molar-refractivity contribution >= 4 is 50.6 Å². The van der Waals surface area contributed by atoms with Crippen molar-refractivity contribution in [2.75, 3.05) is 0 Å². The first-order valence-corrected chi connectivity index (χ1v) is 10.4. The predicted molar refractivity (Wildman–Crippen MR) is 104 cm³/mol. The Morgan fingerprint density at radius 3 is 2.92 bits per heavy atom. The number of rotatable bonds is 4. The number of fused-ring (bicyclic) bond motifs is 1. The third kappa shape index (κ3) is 3.78. The smallest absolute Gasteiger partial charge is 0.261 e. The third-order valence-electron chi connectivity index (χ3n) is 3.87. The number of aromatic nitrogens is 3. The van der Waals surface area contributed by atoms with Gasteiger partial charge < -0.3 is 9.55 Å². The van der Waals surface area contributed by atoms with Crippen LogP contribution in [0.4, 0.5) is 0 Å². The van der Waals surface area contributed by atoms with Crippen molar-refractivity contribution < 1.29 is 4.79 Å². The first-order valence-electron chi connectivity index (χ1n) is 7.66. The first-order chi connectivity index (χ1) is 11.9. The van der Waals surface area contributed by atoms with Crippen molar-refractivity contribution in [1.82, 2.24) is 14.5 Å². The summed E-state index contributed by atoms with van der Waals surface area (Å²) in [5, 5.41) is 2.24. The molecule has 132 valence electrons. The molecule has 1 N–H and O–H groups in total. The second-order valence-corrected chi connectivity index (χ2v) is 9.08. The normalized spacial score (nSPS) is 13.5. The minimum atomic E-state index is -0.310. The lowest BCUT2D eigenvalue weighted by molar-refractivity contribution is -0.117. The number of carbonyl (C=O) groups excluding carboxylic acids is 1. The molecule has 3 aromatic heterocycles. The molecule has 3 rings (SSSR count). The van der Waals surface area contributed by atoms with Crippen LogP contribution in [0.5, 0.6) is 0 Å². The Bertz CT molecular complexity index is 1060. The number of hydrogen-bond donors (Lipinski definition) is 1. The highest BCUT2D eigenvalue weighted by Gasteiger charge is 2.16. The van der Waals surface area contributed by atoms with Gasteiger partial charge >= 0.3 is 0 Å². The summed E-state index contributed by atoms with van der Waals surface area (Å²) in [6.07, 6.45) is 1.86. The number of thiophene rings is 1. The number of aryl methyl sites for hydroxylation is 3. The van der Waals surface area contributed by atoms with Crippen molar-refractivity contribution in [3.8, 4) is 0 Å². The fraction of sp³-hybridized carbons (Fsp3) is 0.375. The summed E-state index contributed by atoms with van der Waals surface area (Å²) >= 11 is 4.37. The molecule has 1 amide bonds. The number of H-pyrrole nitrogens is 1. The Kier molecular flexibility index (Phi) is 5.26. The zero-order chi connectivity index (χ0) is 18.1. The Morgan fingerprint density at radius 2 is 2.24 bits per heavy atom. The maximum Gasteiger partial charge on any atom is 0.261 e. The SMILES string of the molecule is Cc1sc2nc(CSC(C)C(=O)N=c3sccn3C)[nH]c(=O)c2c1C. The second kappa shape index (κ2) is 7.27. The van der Waals surface area contributed by atoms with Crippen LogP contribution in [0.3, 0.4) is 0 Å². The van der Waals surface area contributed by atoms with Gasteiger partial charge in [0, 0.05) is 23.5 Å². The number of thioether (sulfide) groups is 1. The maximum atomic E-state index is 12.3.